The van der Waals surface area contributed by atoms with Crippen LogP contribution in [0.2, 0.25) is 0 Å². The van der Waals surface area contributed by atoms with Crippen LogP contribution in [0.25, 0.3) is 0 Å². The second-order valence-electron chi connectivity index (χ2n) is 5.44. The van der Waals surface area contributed by atoms with Crippen molar-refractivity contribution in [2.75, 3.05) is 6.61 Å². The largest absolute Gasteiger partial charge is 0.477 e. The highest BCUT2D eigenvalue weighted by atomic mass is 16.6. The van der Waals surface area contributed by atoms with Gasteiger partial charge < -0.3 is 9.47 Å². The molecule has 0 aliphatic rings. The van der Waals surface area contributed by atoms with Gasteiger partial charge in [0, 0.05) is 18.6 Å². The van der Waals surface area contributed by atoms with Crippen LogP contribution in [0.3, 0.4) is 0 Å². The number of carbonyl (C=O) groups excluding carboxylic acids is 2. The predicted molar refractivity (Wildman–Crippen MR) is 96.8 cm³/mol. The summed E-state index contributed by atoms with van der Waals surface area (Å²) in [5.41, 5.74) is 3.21. The van der Waals surface area contributed by atoms with Crippen LogP contribution in [0.4, 0.5) is 5.69 Å². The summed E-state index contributed by atoms with van der Waals surface area (Å²) in [6.45, 7) is 2.54. The first-order valence-corrected chi connectivity index (χ1v) is 7.84. The van der Waals surface area contributed by atoms with E-state index in [4.69, 9.17) is 9.47 Å². The standard InChI is InChI=1S/C18H17N3O6/c1-12-7-8-17(15(9-12)21(24)25)26-11-18(23)20-19-10-14-5-3-4-6-16(14)27-13(2)22/h3-10H,11H2,1-2H3,(H,20,23)/b19-10+. The fourth-order valence-electron chi connectivity index (χ4n) is 2.08. The van der Waals surface area contributed by atoms with E-state index in [1.165, 1.54) is 25.3 Å². The Morgan fingerprint density at radius 1 is 1.22 bits per heavy atom. The summed E-state index contributed by atoms with van der Waals surface area (Å²) in [6.07, 6.45) is 1.31. The summed E-state index contributed by atoms with van der Waals surface area (Å²) in [7, 11) is 0. The molecule has 140 valence electrons. The van der Waals surface area contributed by atoms with Gasteiger partial charge in [0.15, 0.2) is 12.4 Å². The molecule has 0 bridgehead atoms. The Kier molecular flexibility index (Phi) is 6.59. The Morgan fingerprint density at radius 2 is 1.96 bits per heavy atom. The monoisotopic (exact) mass is 371 g/mol. The van der Waals surface area contributed by atoms with Crippen LogP contribution in [-0.4, -0.2) is 29.6 Å². The fraction of sp³-hybridized carbons (Fsp3) is 0.167. The topological polar surface area (TPSA) is 120 Å². The number of rotatable bonds is 7. The van der Waals surface area contributed by atoms with Crippen LogP contribution in [-0.2, 0) is 9.59 Å². The van der Waals surface area contributed by atoms with Gasteiger partial charge in [-0.2, -0.15) is 5.10 Å². The number of hydrogen-bond donors (Lipinski definition) is 1. The minimum absolute atomic E-state index is 0.00932. The number of ether oxygens (including phenoxy) is 2. The zero-order valence-corrected chi connectivity index (χ0v) is 14.7. The molecule has 0 atom stereocenters. The minimum atomic E-state index is -0.605. The molecule has 0 aromatic heterocycles. The first kappa shape index (κ1) is 19.6. The minimum Gasteiger partial charge on any atom is -0.477 e. The highest BCUT2D eigenvalue weighted by Gasteiger charge is 2.16. The van der Waals surface area contributed by atoms with Crippen molar-refractivity contribution in [2.45, 2.75) is 13.8 Å². The predicted octanol–water partition coefficient (Wildman–Crippen LogP) is 2.36. The third kappa shape index (κ3) is 5.92. The molecule has 0 fully saturated rings. The van der Waals surface area contributed by atoms with Crippen LogP contribution in [0.1, 0.15) is 18.1 Å². The van der Waals surface area contributed by atoms with Gasteiger partial charge >= 0.3 is 11.7 Å². The zero-order chi connectivity index (χ0) is 19.8. The first-order valence-electron chi connectivity index (χ1n) is 7.84. The highest BCUT2D eigenvalue weighted by Crippen LogP contribution is 2.27. The Bertz CT molecular complexity index is 894. The average molecular weight is 371 g/mol. The van der Waals surface area contributed by atoms with Crippen molar-refractivity contribution in [2.24, 2.45) is 5.10 Å². The summed E-state index contributed by atoms with van der Waals surface area (Å²) in [6, 6.07) is 11.1. The van der Waals surface area contributed by atoms with Crippen molar-refractivity contribution in [3.8, 4) is 11.5 Å². The lowest BCUT2D eigenvalue weighted by Gasteiger charge is -2.07. The third-order valence-corrected chi connectivity index (χ3v) is 3.24. The number of hydrazone groups is 1. The van der Waals surface area contributed by atoms with Crippen LogP contribution in [0.15, 0.2) is 47.6 Å². The number of benzene rings is 2. The fourth-order valence-corrected chi connectivity index (χ4v) is 2.08. The number of carbonyl (C=O) groups is 2. The van der Waals surface area contributed by atoms with Crippen LogP contribution < -0.4 is 14.9 Å². The van der Waals surface area contributed by atoms with Crippen molar-refractivity contribution < 1.29 is 24.0 Å². The molecule has 0 aliphatic heterocycles. The van der Waals surface area contributed by atoms with Crippen molar-refractivity contribution in [3.05, 3.63) is 63.7 Å². The maximum absolute atomic E-state index is 11.8. The SMILES string of the molecule is CC(=O)Oc1ccccc1/C=N/NC(=O)COc1ccc(C)cc1[N+](=O)[O-]. The quantitative estimate of drug-likeness (QED) is 0.262. The van der Waals surface area contributed by atoms with Gasteiger partial charge in [0.1, 0.15) is 5.75 Å². The van der Waals surface area contributed by atoms with Gasteiger partial charge in [-0.1, -0.05) is 18.2 Å². The summed E-state index contributed by atoms with van der Waals surface area (Å²) < 4.78 is 10.2. The molecule has 2 rings (SSSR count). The van der Waals surface area contributed by atoms with Gasteiger partial charge in [0.2, 0.25) is 0 Å². The van der Waals surface area contributed by atoms with Crippen LogP contribution in [0.5, 0.6) is 11.5 Å². The van der Waals surface area contributed by atoms with E-state index < -0.39 is 23.4 Å². The Balaban J connectivity index is 1.95. The zero-order valence-electron chi connectivity index (χ0n) is 14.7. The van der Waals surface area contributed by atoms with E-state index in [2.05, 4.69) is 10.5 Å². The second-order valence-corrected chi connectivity index (χ2v) is 5.44. The van der Waals surface area contributed by atoms with E-state index >= 15 is 0 Å². The maximum Gasteiger partial charge on any atom is 0.311 e. The van der Waals surface area contributed by atoms with Crippen LogP contribution in [0, 0.1) is 17.0 Å². The molecule has 2 aromatic rings. The number of nitrogens with one attached hydrogen (secondary N) is 1. The maximum atomic E-state index is 11.8. The number of amides is 1. The molecule has 1 N–H and O–H groups in total. The van der Waals surface area contributed by atoms with Crippen molar-refractivity contribution >= 4 is 23.8 Å². The van der Waals surface area contributed by atoms with Crippen molar-refractivity contribution in [1.82, 2.24) is 5.43 Å². The lowest BCUT2D eigenvalue weighted by Crippen LogP contribution is -2.24. The summed E-state index contributed by atoms with van der Waals surface area (Å²) in [5, 5.41) is 14.8. The lowest BCUT2D eigenvalue weighted by atomic mass is 10.2. The Hall–Kier alpha value is -3.75. The summed E-state index contributed by atoms with van der Waals surface area (Å²) in [4.78, 5) is 33.3. The molecule has 9 nitrogen and oxygen atoms in total. The van der Waals surface area contributed by atoms with Gasteiger partial charge in [0.05, 0.1) is 11.1 Å². The summed E-state index contributed by atoms with van der Waals surface area (Å²) >= 11 is 0. The number of para-hydroxylation sites is 1. The molecule has 2 aromatic carbocycles. The molecule has 0 spiro atoms. The number of aryl methyl sites for hydroxylation is 1. The van der Waals surface area contributed by atoms with E-state index in [1.807, 2.05) is 0 Å². The number of nitro benzene ring substituents is 1. The molecule has 0 saturated heterocycles. The van der Waals surface area contributed by atoms with Gasteiger partial charge in [-0.05, 0) is 30.7 Å². The molecule has 27 heavy (non-hydrogen) atoms. The molecular weight excluding hydrogens is 354 g/mol. The molecule has 0 heterocycles. The summed E-state index contributed by atoms with van der Waals surface area (Å²) in [5.74, 6) is -0.793. The molecule has 0 unspecified atom stereocenters. The average Bonchev–Trinajstić information content (AvgIpc) is 2.61. The number of hydrogen-bond acceptors (Lipinski definition) is 7. The first-order chi connectivity index (χ1) is 12.9. The number of nitro groups is 1. The smallest absolute Gasteiger partial charge is 0.311 e. The molecule has 0 saturated carbocycles. The Labute approximate surface area is 154 Å². The number of nitrogens with zero attached hydrogens (tertiary/aromatic N) is 2. The molecule has 9 heteroatoms. The molecule has 1 amide bonds. The van der Waals surface area contributed by atoms with Crippen LogP contribution >= 0.6 is 0 Å². The highest BCUT2D eigenvalue weighted by molar-refractivity contribution is 5.86. The van der Waals surface area contributed by atoms with Crippen molar-refractivity contribution in [1.29, 1.82) is 0 Å². The third-order valence-electron chi connectivity index (χ3n) is 3.24. The van der Waals surface area contributed by atoms with Crippen molar-refractivity contribution in [3.63, 3.8) is 0 Å². The van der Waals surface area contributed by atoms with E-state index in [0.717, 1.165) is 0 Å². The molecular formula is C18H17N3O6. The van der Waals surface area contributed by atoms with Gasteiger partial charge in [-0.3, -0.25) is 19.7 Å². The van der Waals surface area contributed by atoms with Gasteiger partial charge in [-0.25, -0.2) is 5.43 Å². The number of esters is 1. The molecule has 0 aliphatic carbocycles. The van der Waals surface area contributed by atoms with E-state index in [1.54, 1.807) is 37.3 Å². The van der Waals surface area contributed by atoms with Gasteiger partial charge in [0.25, 0.3) is 5.91 Å². The van der Waals surface area contributed by atoms with E-state index in [9.17, 15) is 19.7 Å². The molecule has 0 radical (unpaired) electrons. The second kappa shape index (κ2) is 9.09. The lowest BCUT2D eigenvalue weighted by molar-refractivity contribution is -0.385. The van der Waals surface area contributed by atoms with Gasteiger partial charge in [-0.15, -0.1) is 0 Å². The Morgan fingerprint density at radius 3 is 2.67 bits per heavy atom. The van der Waals surface area contributed by atoms with E-state index in [-0.39, 0.29) is 11.4 Å². The van der Waals surface area contributed by atoms with E-state index in [0.29, 0.717) is 16.9 Å². The normalized spacial score (nSPS) is 10.4.